The van der Waals surface area contributed by atoms with Gasteiger partial charge in [0.15, 0.2) is 0 Å². The Kier molecular flexibility index (Phi) is 6.02. The normalized spacial score (nSPS) is 31.0. The molecule has 3 aliphatic rings. The quantitative estimate of drug-likeness (QED) is 0.844. The van der Waals surface area contributed by atoms with E-state index in [-0.39, 0.29) is 0 Å². The van der Waals surface area contributed by atoms with Gasteiger partial charge in [0.2, 0.25) is 0 Å². The number of likely N-dealkylation sites (tertiary alicyclic amines) is 1. The zero-order chi connectivity index (χ0) is 16.9. The zero-order valence-electron chi connectivity index (χ0n) is 15.4. The van der Waals surface area contributed by atoms with Gasteiger partial charge in [-0.3, -0.25) is 9.58 Å². The molecule has 0 aromatic carbocycles. The van der Waals surface area contributed by atoms with Crippen LogP contribution in [0.15, 0.2) is 18.5 Å². The van der Waals surface area contributed by atoms with Crippen molar-refractivity contribution in [3.8, 4) is 0 Å². The zero-order valence-corrected chi connectivity index (χ0v) is 15.4. The molecule has 140 valence electrons. The highest BCUT2D eigenvalue weighted by atomic mass is 15.3. The molecule has 0 amide bonds. The summed E-state index contributed by atoms with van der Waals surface area (Å²) in [5.41, 5.74) is 0. The Morgan fingerprint density at radius 2 is 1.88 bits per heavy atom. The van der Waals surface area contributed by atoms with E-state index >= 15 is 0 Å². The molecule has 4 heterocycles. The van der Waals surface area contributed by atoms with Crippen LogP contribution in [0.25, 0.3) is 0 Å². The minimum atomic E-state index is 0.603. The van der Waals surface area contributed by atoms with Crippen molar-refractivity contribution in [2.24, 2.45) is 5.92 Å². The van der Waals surface area contributed by atoms with E-state index in [1.54, 1.807) is 0 Å². The smallest absolute Gasteiger partial charge is 0.0543 e. The first-order valence-corrected chi connectivity index (χ1v) is 10.3. The maximum Gasteiger partial charge on any atom is 0.0543 e. The minimum Gasteiger partial charge on any atom is -0.315 e. The van der Waals surface area contributed by atoms with E-state index in [1.807, 2.05) is 12.3 Å². The lowest BCUT2D eigenvalue weighted by atomic mass is 9.89. The summed E-state index contributed by atoms with van der Waals surface area (Å²) in [6.07, 6.45) is 9.13. The van der Waals surface area contributed by atoms with Gasteiger partial charge >= 0.3 is 0 Å². The van der Waals surface area contributed by atoms with Crippen molar-refractivity contribution >= 4 is 0 Å². The van der Waals surface area contributed by atoms with Crippen LogP contribution in [0, 0.1) is 5.92 Å². The molecular formula is C19H34N6. The minimum absolute atomic E-state index is 0.603. The SMILES string of the molecule is c1cnn(C2CCN(CC3CCNCC3N3CCCNCC3)CC2)c1. The standard InChI is InChI=1S/C19H34N6/c1-6-20-9-14-24(10-1)19-15-21-8-3-17(19)16-23-12-4-18(5-13-23)25-11-2-7-22-25/h2,7,11,17-21H,1,3-6,8-10,12-16H2. The number of hydrogen-bond acceptors (Lipinski definition) is 5. The van der Waals surface area contributed by atoms with Crippen LogP contribution in [0.5, 0.6) is 0 Å². The Balaban J connectivity index is 1.31. The first-order valence-electron chi connectivity index (χ1n) is 10.3. The van der Waals surface area contributed by atoms with Gasteiger partial charge < -0.3 is 15.5 Å². The van der Waals surface area contributed by atoms with Crippen molar-refractivity contribution < 1.29 is 0 Å². The first-order chi connectivity index (χ1) is 12.4. The third-order valence-corrected chi connectivity index (χ3v) is 6.38. The van der Waals surface area contributed by atoms with E-state index in [2.05, 4.69) is 36.4 Å². The first kappa shape index (κ1) is 17.5. The Bertz CT molecular complexity index is 488. The molecule has 6 nitrogen and oxygen atoms in total. The summed E-state index contributed by atoms with van der Waals surface area (Å²) in [5, 5.41) is 11.6. The van der Waals surface area contributed by atoms with Gasteiger partial charge in [0, 0.05) is 57.7 Å². The molecule has 1 aromatic rings. The van der Waals surface area contributed by atoms with Gasteiger partial charge in [-0.15, -0.1) is 0 Å². The number of aromatic nitrogens is 2. The Labute approximate surface area is 151 Å². The molecule has 4 rings (SSSR count). The van der Waals surface area contributed by atoms with Crippen LogP contribution in [0.4, 0.5) is 0 Å². The van der Waals surface area contributed by atoms with Crippen LogP contribution in [-0.4, -0.2) is 84.5 Å². The van der Waals surface area contributed by atoms with Crippen molar-refractivity contribution in [3.05, 3.63) is 18.5 Å². The summed E-state index contributed by atoms with van der Waals surface area (Å²) >= 11 is 0. The van der Waals surface area contributed by atoms with E-state index in [9.17, 15) is 0 Å². The molecule has 1 aromatic heterocycles. The van der Waals surface area contributed by atoms with Crippen LogP contribution >= 0.6 is 0 Å². The second-order valence-electron chi connectivity index (χ2n) is 7.98. The summed E-state index contributed by atoms with van der Waals surface area (Å²) < 4.78 is 2.16. The molecule has 2 N–H and O–H groups in total. The van der Waals surface area contributed by atoms with Gasteiger partial charge in [-0.05, 0) is 57.3 Å². The van der Waals surface area contributed by atoms with E-state index in [1.165, 1.54) is 78.0 Å². The summed E-state index contributed by atoms with van der Waals surface area (Å²) in [5.74, 6) is 0.820. The van der Waals surface area contributed by atoms with Crippen molar-refractivity contribution in [1.82, 2.24) is 30.2 Å². The lowest BCUT2D eigenvalue weighted by Gasteiger charge is -2.43. The van der Waals surface area contributed by atoms with E-state index in [4.69, 9.17) is 0 Å². The average molecular weight is 347 g/mol. The van der Waals surface area contributed by atoms with Crippen molar-refractivity contribution in [1.29, 1.82) is 0 Å². The molecule has 3 fully saturated rings. The Morgan fingerprint density at radius 3 is 2.72 bits per heavy atom. The fourth-order valence-electron chi connectivity index (χ4n) is 4.93. The molecule has 0 spiro atoms. The Hall–Kier alpha value is -0.950. The summed E-state index contributed by atoms with van der Waals surface area (Å²) in [6.45, 7) is 10.9. The van der Waals surface area contributed by atoms with Crippen LogP contribution in [0.1, 0.15) is 31.7 Å². The molecular weight excluding hydrogens is 312 g/mol. The number of nitrogens with zero attached hydrogens (tertiary/aromatic N) is 4. The molecule has 2 atom stereocenters. The predicted molar refractivity (Wildman–Crippen MR) is 101 cm³/mol. The highest BCUT2D eigenvalue weighted by Gasteiger charge is 2.32. The lowest BCUT2D eigenvalue weighted by Crippen LogP contribution is -2.55. The predicted octanol–water partition coefficient (Wildman–Crippen LogP) is 0.793. The number of piperidine rings is 2. The van der Waals surface area contributed by atoms with Crippen LogP contribution in [0.3, 0.4) is 0 Å². The van der Waals surface area contributed by atoms with E-state index in [0.29, 0.717) is 6.04 Å². The number of nitrogens with one attached hydrogen (secondary N) is 2. The van der Waals surface area contributed by atoms with Gasteiger partial charge in [0.1, 0.15) is 0 Å². The number of rotatable bonds is 4. The van der Waals surface area contributed by atoms with Gasteiger partial charge in [-0.1, -0.05) is 0 Å². The third-order valence-electron chi connectivity index (χ3n) is 6.38. The maximum absolute atomic E-state index is 4.44. The fraction of sp³-hybridized carbons (Fsp3) is 0.842. The Morgan fingerprint density at radius 1 is 0.960 bits per heavy atom. The molecule has 0 saturated carbocycles. The van der Waals surface area contributed by atoms with Crippen LogP contribution < -0.4 is 10.6 Å². The van der Waals surface area contributed by atoms with Gasteiger partial charge in [0.05, 0.1) is 6.04 Å². The molecule has 25 heavy (non-hydrogen) atoms. The number of hydrogen-bond donors (Lipinski definition) is 2. The lowest BCUT2D eigenvalue weighted by molar-refractivity contribution is 0.0765. The molecule has 6 heteroatoms. The average Bonchev–Trinajstić information content (AvgIpc) is 3.06. The van der Waals surface area contributed by atoms with Crippen molar-refractivity contribution in [2.45, 2.75) is 37.8 Å². The molecule has 0 radical (unpaired) electrons. The highest BCUT2D eigenvalue weighted by Crippen LogP contribution is 2.25. The van der Waals surface area contributed by atoms with Gasteiger partial charge in [0.25, 0.3) is 0 Å². The van der Waals surface area contributed by atoms with Gasteiger partial charge in [-0.25, -0.2) is 0 Å². The second-order valence-corrected chi connectivity index (χ2v) is 7.98. The van der Waals surface area contributed by atoms with Crippen LogP contribution in [-0.2, 0) is 0 Å². The van der Waals surface area contributed by atoms with Crippen molar-refractivity contribution in [2.75, 3.05) is 58.9 Å². The maximum atomic E-state index is 4.44. The summed E-state index contributed by atoms with van der Waals surface area (Å²) in [6, 6.07) is 3.37. The molecule has 0 bridgehead atoms. The molecule has 0 aliphatic carbocycles. The fourth-order valence-corrected chi connectivity index (χ4v) is 4.93. The van der Waals surface area contributed by atoms with E-state index in [0.717, 1.165) is 18.5 Å². The second kappa shape index (κ2) is 8.62. The highest BCUT2D eigenvalue weighted by molar-refractivity contribution is 4.90. The summed E-state index contributed by atoms with van der Waals surface area (Å²) in [7, 11) is 0. The van der Waals surface area contributed by atoms with Gasteiger partial charge in [-0.2, -0.15) is 5.10 Å². The molecule has 3 aliphatic heterocycles. The van der Waals surface area contributed by atoms with E-state index < -0.39 is 0 Å². The largest absolute Gasteiger partial charge is 0.315 e. The monoisotopic (exact) mass is 346 g/mol. The summed E-state index contributed by atoms with van der Waals surface area (Å²) in [4.78, 5) is 5.48. The van der Waals surface area contributed by atoms with Crippen LogP contribution in [0.2, 0.25) is 0 Å². The topological polar surface area (TPSA) is 48.4 Å². The third kappa shape index (κ3) is 4.42. The molecule has 3 saturated heterocycles. The molecule has 2 unspecified atom stereocenters. The van der Waals surface area contributed by atoms with Crippen molar-refractivity contribution in [3.63, 3.8) is 0 Å².